The molecule has 32 heavy (non-hydrogen) atoms. The third-order valence-corrected chi connectivity index (χ3v) is 6.69. The fourth-order valence-corrected chi connectivity index (χ4v) is 5.01. The molecule has 0 spiro atoms. The molecule has 0 saturated carbocycles. The Labute approximate surface area is 189 Å². The summed E-state index contributed by atoms with van der Waals surface area (Å²) < 4.78 is 8.42. The molecule has 0 atom stereocenters. The molecule has 1 fully saturated rings. The van der Waals surface area contributed by atoms with Gasteiger partial charge < -0.3 is 4.74 Å². The third-order valence-electron chi connectivity index (χ3n) is 6.69. The maximum absolute atomic E-state index is 6.22. The average molecular weight is 422 g/mol. The van der Waals surface area contributed by atoms with Gasteiger partial charge >= 0.3 is 0 Å². The Bertz CT molecular complexity index is 1160. The van der Waals surface area contributed by atoms with Gasteiger partial charge in [-0.2, -0.15) is 0 Å². The molecule has 1 saturated heterocycles. The quantitative estimate of drug-likeness (QED) is 0.351. The van der Waals surface area contributed by atoms with Gasteiger partial charge in [0.15, 0.2) is 5.75 Å². The van der Waals surface area contributed by atoms with E-state index in [1.807, 2.05) is 30.3 Å². The minimum atomic E-state index is 0.781. The van der Waals surface area contributed by atoms with Crippen LogP contribution in [0.4, 0.5) is 0 Å². The summed E-state index contributed by atoms with van der Waals surface area (Å²) in [6.07, 6.45) is 5.89. The predicted molar refractivity (Wildman–Crippen MR) is 127 cm³/mol. The SMILES string of the molecule is c1ccc(CC2CCN(Cc3cn4c(n3)-c3ccccc3Oc3ccccc3-4)CC2)cc1. The van der Waals surface area contributed by atoms with E-state index in [0.717, 1.165) is 59.8 Å². The summed E-state index contributed by atoms with van der Waals surface area (Å²) in [5.74, 6) is 3.46. The lowest BCUT2D eigenvalue weighted by Crippen LogP contribution is -2.34. The van der Waals surface area contributed by atoms with Gasteiger partial charge in [-0.25, -0.2) is 4.98 Å². The number of piperidine rings is 1. The Morgan fingerprint density at radius 1 is 0.812 bits per heavy atom. The van der Waals surface area contributed by atoms with E-state index in [1.165, 1.54) is 24.8 Å². The van der Waals surface area contributed by atoms with Crippen LogP contribution in [0.5, 0.6) is 11.5 Å². The summed E-state index contributed by atoms with van der Waals surface area (Å²) in [5.41, 5.74) is 4.66. The molecule has 1 aromatic heterocycles. The van der Waals surface area contributed by atoms with E-state index in [-0.39, 0.29) is 0 Å². The Morgan fingerprint density at radius 2 is 1.53 bits per heavy atom. The van der Waals surface area contributed by atoms with Crippen LogP contribution >= 0.6 is 0 Å². The molecule has 3 aromatic carbocycles. The van der Waals surface area contributed by atoms with Crippen LogP contribution in [0.2, 0.25) is 0 Å². The van der Waals surface area contributed by atoms with E-state index in [2.05, 4.69) is 64.2 Å². The van der Waals surface area contributed by atoms with Gasteiger partial charge in [-0.1, -0.05) is 54.6 Å². The second-order valence-electron chi connectivity index (χ2n) is 8.90. The van der Waals surface area contributed by atoms with Crippen molar-refractivity contribution in [1.82, 2.24) is 14.5 Å². The Kier molecular flexibility index (Phi) is 5.00. The second-order valence-corrected chi connectivity index (χ2v) is 8.90. The van der Waals surface area contributed by atoms with E-state index in [0.29, 0.717) is 0 Å². The highest BCUT2D eigenvalue weighted by Gasteiger charge is 2.24. The lowest BCUT2D eigenvalue weighted by atomic mass is 9.90. The number of imidazole rings is 1. The van der Waals surface area contributed by atoms with Crippen molar-refractivity contribution < 1.29 is 4.74 Å². The van der Waals surface area contributed by atoms with Crippen LogP contribution in [-0.2, 0) is 13.0 Å². The topological polar surface area (TPSA) is 30.3 Å². The molecule has 0 aliphatic carbocycles. The van der Waals surface area contributed by atoms with Crippen LogP contribution in [0.25, 0.3) is 17.1 Å². The summed E-state index contributed by atoms with van der Waals surface area (Å²) in [6.45, 7) is 3.16. The van der Waals surface area contributed by atoms with E-state index < -0.39 is 0 Å². The van der Waals surface area contributed by atoms with Crippen LogP contribution in [0.15, 0.2) is 85.1 Å². The molecule has 0 N–H and O–H groups in total. The first kappa shape index (κ1) is 19.3. The lowest BCUT2D eigenvalue weighted by Gasteiger charge is -2.31. The molecule has 4 heteroatoms. The number of hydrogen-bond acceptors (Lipinski definition) is 3. The molecule has 3 heterocycles. The first-order chi connectivity index (χ1) is 15.8. The molecule has 0 unspecified atom stereocenters. The van der Waals surface area contributed by atoms with Crippen molar-refractivity contribution in [1.29, 1.82) is 0 Å². The van der Waals surface area contributed by atoms with Gasteiger partial charge in [-0.3, -0.25) is 9.47 Å². The van der Waals surface area contributed by atoms with Gasteiger partial charge in [0.05, 0.1) is 16.9 Å². The standard InChI is InChI=1S/C28H27N3O/c1-2-8-21(9-3-1)18-22-14-16-30(17-15-22)19-23-20-31-25-11-5-7-13-27(25)32-26-12-6-4-10-24(26)28(31)29-23/h1-13,20,22H,14-19H2. The van der Waals surface area contributed by atoms with Crippen molar-refractivity contribution >= 4 is 0 Å². The van der Waals surface area contributed by atoms with Crippen molar-refractivity contribution in [3.8, 4) is 28.6 Å². The molecule has 160 valence electrons. The monoisotopic (exact) mass is 421 g/mol. The van der Waals surface area contributed by atoms with Crippen LogP contribution in [-0.4, -0.2) is 27.5 Å². The van der Waals surface area contributed by atoms with Gasteiger partial charge in [0.2, 0.25) is 0 Å². The fraction of sp³-hybridized carbons (Fsp3) is 0.250. The Morgan fingerprint density at radius 3 is 2.38 bits per heavy atom. The first-order valence-electron chi connectivity index (χ1n) is 11.5. The van der Waals surface area contributed by atoms with Crippen molar-refractivity contribution in [2.45, 2.75) is 25.8 Å². The number of aromatic nitrogens is 2. The zero-order chi connectivity index (χ0) is 21.3. The maximum Gasteiger partial charge on any atom is 0.151 e. The summed E-state index contributed by atoms with van der Waals surface area (Å²) in [7, 11) is 0. The van der Waals surface area contributed by atoms with Crippen molar-refractivity contribution in [3.05, 3.63) is 96.3 Å². The Balaban J connectivity index is 1.21. The van der Waals surface area contributed by atoms with Crippen LogP contribution in [0, 0.1) is 5.92 Å². The van der Waals surface area contributed by atoms with E-state index in [9.17, 15) is 0 Å². The number of hydrogen-bond donors (Lipinski definition) is 0. The zero-order valence-electron chi connectivity index (χ0n) is 18.2. The van der Waals surface area contributed by atoms with E-state index in [1.54, 1.807) is 0 Å². The fourth-order valence-electron chi connectivity index (χ4n) is 5.01. The van der Waals surface area contributed by atoms with Gasteiger partial charge in [-0.15, -0.1) is 0 Å². The maximum atomic E-state index is 6.22. The minimum Gasteiger partial charge on any atom is -0.454 e. The summed E-state index contributed by atoms with van der Waals surface area (Å²) in [5, 5.41) is 0. The molecule has 0 radical (unpaired) electrons. The molecule has 6 rings (SSSR count). The number of fused-ring (bicyclic) bond motifs is 5. The normalized spacial score (nSPS) is 15.9. The van der Waals surface area contributed by atoms with Gasteiger partial charge in [0, 0.05) is 12.7 Å². The highest BCUT2D eigenvalue weighted by molar-refractivity contribution is 5.71. The summed E-state index contributed by atoms with van der Waals surface area (Å²) in [6, 6.07) is 27.3. The first-order valence-corrected chi connectivity index (χ1v) is 11.5. The van der Waals surface area contributed by atoms with Crippen molar-refractivity contribution in [2.75, 3.05) is 13.1 Å². The predicted octanol–water partition coefficient (Wildman–Crippen LogP) is 6.10. The number of rotatable bonds is 4. The smallest absolute Gasteiger partial charge is 0.151 e. The van der Waals surface area contributed by atoms with Gasteiger partial charge in [0.1, 0.15) is 11.6 Å². The number of benzene rings is 3. The minimum absolute atomic E-state index is 0.781. The molecule has 4 aromatic rings. The van der Waals surface area contributed by atoms with Crippen LogP contribution in [0.3, 0.4) is 0 Å². The molecular formula is C28H27N3O. The Hall–Kier alpha value is -3.37. The van der Waals surface area contributed by atoms with E-state index in [4.69, 9.17) is 9.72 Å². The second kappa shape index (κ2) is 8.29. The van der Waals surface area contributed by atoms with Crippen LogP contribution < -0.4 is 4.74 Å². The molecule has 0 amide bonds. The van der Waals surface area contributed by atoms with Crippen molar-refractivity contribution in [3.63, 3.8) is 0 Å². The number of ether oxygens (including phenoxy) is 1. The number of likely N-dealkylation sites (tertiary alicyclic amines) is 1. The highest BCUT2D eigenvalue weighted by atomic mass is 16.5. The molecular weight excluding hydrogens is 394 g/mol. The molecule has 2 aliphatic heterocycles. The molecule has 0 bridgehead atoms. The zero-order valence-corrected chi connectivity index (χ0v) is 18.2. The van der Waals surface area contributed by atoms with Crippen molar-refractivity contribution in [2.24, 2.45) is 5.92 Å². The van der Waals surface area contributed by atoms with Gasteiger partial charge in [-0.05, 0) is 68.1 Å². The van der Waals surface area contributed by atoms with Crippen LogP contribution in [0.1, 0.15) is 24.1 Å². The summed E-state index contributed by atoms with van der Waals surface area (Å²) >= 11 is 0. The van der Waals surface area contributed by atoms with Gasteiger partial charge in [0.25, 0.3) is 0 Å². The molecule has 4 nitrogen and oxygen atoms in total. The lowest BCUT2D eigenvalue weighted by molar-refractivity contribution is 0.175. The van der Waals surface area contributed by atoms with E-state index >= 15 is 0 Å². The average Bonchev–Trinajstić information content (AvgIpc) is 3.20. The third kappa shape index (κ3) is 3.71. The summed E-state index contributed by atoms with van der Waals surface area (Å²) in [4.78, 5) is 7.63. The number of para-hydroxylation sites is 3. The molecule has 2 aliphatic rings. The largest absolute Gasteiger partial charge is 0.454 e. The number of nitrogens with zero attached hydrogens (tertiary/aromatic N) is 3. The highest BCUT2D eigenvalue weighted by Crippen LogP contribution is 2.40.